The van der Waals surface area contributed by atoms with Crippen LogP contribution in [0.5, 0.6) is 5.75 Å². The van der Waals surface area contributed by atoms with Gasteiger partial charge in [0.25, 0.3) is 0 Å². The van der Waals surface area contributed by atoms with Crippen LogP contribution < -0.4 is 9.64 Å². The van der Waals surface area contributed by atoms with Crippen molar-refractivity contribution in [3.63, 3.8) is 0 Å². The van der Waals surface area contributed by atoms with Crippen LogP contribution in [-0.4, -0.2) is 56.6 Å². The van der Waals surface area contributed by atoms with Gasteiger partial charge in [-0.3, -0.25) is 4.79 Å². The van der Waals surface area contributed by atoms with E-state index in [4.69, 9.17) is 16.3 Å². The summed E-state index contributed by atoms with van der Waals surface area (Å²) in [5.41, 5.74) is 1.87. The Morgan fingerprint density at radius 3 is 2.62 bits per heavy atom. The molecule has 1 N–H and O–H groups in total. The molecule has 9 heteroatoms. The van der Waals surface area contributed by atoms with Crippen molar-refractivity contribution in [2.24, 2.45) is 5.92 Å². The van der Waals surface area contributed by atoms with E-state index >= 15 is 0 Å². The Morgan fingerprint density at radius 1 is 1.19 bits per heavy atom. The minimum absolute atomic E-state index is 0.0352. The molecule has 2 aromatic rings. The van der Waals surface area contributed by atoms with Crippen LogP contribution in [0.2, 0.25) is 5.02 Å². The van der Waals surface area contributed by atoms with Crippen molar-refractivity contribution in [1.29, 1.82) is 0 Å². The van der Waals surface area contributed by atoms with Crippen molar-refractivity contribution in [1.82, 2.24) is 4.31 Å². The minimum atomic E-state index is -3.61. The normalized spacial score (nSPS) is 21.0. The molecule has 0 amide bonds. The monoisotopic (exact) mass is 478 g/mol. The number of benzene rings is 2. The Hall–Kier alpha value is -2.29. The Labute approximate surface area is 193 Å². The van der Waals surface area contributed by atoms with Crippen molar-refractivity contribution in [2.45, 2.75) is 30.6 Å². The van der Waals surface area contributed by atoms with E-state index < -0.39 is 16.0 Å². The molecule has 0 saturated carbocycles. The van der Waals surface area contributed by atoms with Crippen molar-refractivity contribution in [3.05, 3.63) is 53.1 Å². The number of ether oxygens (including phenoxy) is 1. The largest absolute Gasteiger partial charge is 0.494 e. The van der Waals surface area contributed by atoms with Gasteiger partial charge in [-0.15, -0.1) is 0 Å². The molecule has 2 heterocycles. The summed E-state index contributed by atoms with van der Waals surface area (Å²) in [6.45, 7) is 3.89. The minimum Gasteiger partial charge on any atom is -0.494 e. The molecule has 172 valence electrons. The van der Waals surface area contributed by atoms with Crippen molar-refractivity contribution >= 4 is 33.3 Å². The molecule has 2 atom stereocenters. The van der Waals surface area contributed by atoms with E-state index in [9.17, 15) is 18.3 Å². The maximum atomic E-state index is 13.2. The molecule has 2 unspecified atom stereocenters. The van der Waals surface area contributed by atoms with Crippen LogP contribution >= 0.6 is 11.6 Å². The van der Waals surface area contributed by atoms with Gasteiger partial charge in [0.1, 0.15) is 12.3 Å². The van der Waals surface area contributed by atoms with Gasteiger partial charge in [0.15, 0.2) is 0 Å². The number of halogens is 1. The van der Waals surface area contributed by atoms with Crippen LogP contribution in [0.3, 0.4) is 0 Å². The van der Waals surface area contributed by atoms with Gasteiger partial charge in [0, 0.05) is 36.3 Å². The first-order chi connectivity index (χ1) is 15.3. The molecule has 2 aromatic carbocycles. The number of carbonyl (C=O) groups is 1. The van der Waals surface area contributed by atoms with Gasteiger partial charge in [0.05, 0.1) is 11.5 Å². The Balaban J connectivity index is 1.51. The summed E-state index contributed by atoms with van der Waals surface area (Å²) in [5.74, 6) is -0.113. The van der Waals surface area contributed by atoms with E-state index in [2.05, 4.69) is 0 Å². The van der Waals surface area contributed by atoms with E-state index in [1.54, 1.807) is 30.3 Å². The van der Waals surface area contributed by atoms with Crippen LogP contribution in [0, 0.1) is 5.92 Å². The third-order valence-corrected chi connectivity index (χ3v) is 8.28. The first-order valence-corrected chi connectivity index (χ1v) is 12.6. The molecular weight excluding hydrogens is 452 g/mol. The molecule has 2 aliphatic heterocycles. The van der Waals surface area contributed by atoms with Gasteiger partial charge >= 0.3 is 5.97 Å². The first kappa shape index (κ1) is 22.9. The van der Waals surface area contributed by atoms with E-state index in [1.807, 2.05) is 24.0 Å². The molecule has 1 saturated heterocycles. The molecule has 0 bridgehead atoms. The number of carboxylic acid groups (broad SMARTS) is 1. The van der Waals surface area contributed by atoms with Crippen LogP contribution in [-0.2, 0) is 14.8 Å². The SMILES string of the molecule is CCCOc1ccc(S(=O)(=O)N2CCC(C3CN(CC(=O)O)c4ccc(Cl)cc43)C2)cc1. The Kier molecular flexibility index (Phi) is 6.65. The zero-order valence-electron chi connectivity index (χ0n) is 17.9. The number of anilines is 1. The van der Waals surface area contributed by atoms with Gasteiger partial charge < -0.3 is 14.7 Å². The summed E-state index contributed by atoms with van der Waals surface area (Å²) >= 11 is 6.22. The van der Waals surface area contributed by atoms with Crippen LogP contribution in [0.25, 0.3) is 0 Å². The molecule has 0 spiro atoms. The van der Waals surface area contributed by atoms with E-state index in [1.165, 1.54) is 4.31 Å². The van der Waals surface area contributed by atoms with Gasteiger partial charge in [0.2, 0.25) is 10.0 Å². The molecular formula is C23H27ClN2O5S. The quantitative estimate of drug-likeness (QED) is 0.620. The van der Waals surface area contributed by atoms with Gasteiger partial charge in [-0.05, 0) is 66.8 Å². The second kappa shape index (κ2) is 9.29. The second-order valence-corrected chi connectivity index (χ2v) is 10.7. The van der Waals surface area contributed by atoms with Gasteiger partial charge in [-0.1, -0.05) is 18.5 Å². The molecule has 0 aliphatic carbocycles. The number of hydrogen-bond acceptors (Lipinski definition) is 5. The fraction of sp³-hybridized carbons (Fsp3) is 0.435. The Morgan fingerprint density at radius 2 is 1.94 bits per heavy atom. The number of carboxylic acids is 1. The molecule has 32 heavy (non-hydrogen) atoms. The maximum Gasteiger partial charge on any atom is 0.323 e. The summed E-state index contributed by atoms with van der Waals surface area (Å²) in [6.07, 6.45) is 1.60. The lowest BCUT2D eigenvalue weighted by atomic mass is 9.87. The summed E-state index contributed by atoms with van der Waals surface area (Å²) in [7, 11) is -3.61. The van der Waals surface area contributed by atoms with Crippen molar-refractivity contribution in [3.8, 4) is 5.75 Å². The van der Waals surface area contributed by atoms with E-state index in [0.717, 1.165) is 17.7 Å². The summed E-state index contributed by atoms with van der Waals surface area (Å²) in [6, 6.07) is 12.1. The standard InChI is InChI=1S/C23H27ClN2O5S/c1-2-11-31-18-4-6-19(7-5-18)32(29,30)26-10-9-16(13-26)21-14-25(15-23(27)28)22-8-3-17(24)12-20(21)22/h3-8,12,16,21H,2,9-11,13-15H2,1H3,(H,27,28). The topological polar surface area (TPSA) is 87.2 Å². The number of aliphatic carboxylic acids is 1. The van der Waals surface area contributed by atoms with Crippen LogP contribution in [0.1, 0.15) is 31.2 Å². The summed E-state index contributed by atoms with van der Waals surface area (Å²) in [4.78, 5) is 13.4. The number of nitrogens with zero attached hydrogens (tertiary/aromatic N) is 2. The lowest BCUT2D eigenvalue weighted by Crippen LogP contribution is -2.32. The highest BCUT2D eigenvalue weighted by Crippen LogP contribution is 2.44. The van der Waals surface area contributed by atoms with Crippen molar-refractivity contribution in [2.75, 3.05) is 37.7 Å². The lowest BCUT2D eigenvalue weighted by Gasteiger charge is -2.22. The molecule has 2 aliphatic rings. The number of hydrogen-bond donors (Lipinski definition) is 1. The number of fused-ring (bicyclic) bond motifs is 1. The average Bonchev–Trinajstić information content (AvgIpc) is 3.38. The van der Waals surface area contributed by atoms with Crippen LogP contribution in [0.4, 0.5) is 5.69 Å². The number of sulfonamides is 1. The third-order valence-electron chi connectivity index (χ3n) is 6.16. The fourth-order valence-corrected chi connectivity index (χ4v) is 6.33. The van der Waals surface area contributed by atoms with Crippen molar-refractivity contribution < 1.29 is 23.1 Å². The number of rotatable bonds is 8. The lowest BCUT2D eigenvalue weighted by molar-refractivity contribution is -0.135. The molecule has 7 nitrogen and oxygen atoms in total. The highest BCUT2D eigenvalue weighted by atomic mass is 35.5. The first-order valence-electron chi connectivity index (χ1n) is 10.8. The van der Waals surface area contributed by atoms with Gasteiger partial charge in [-0.2, -0.15) is 4.31 Å². The smallest absolute Gasteiger partial charge is 0.323 e. The van der Waals surface area contributed by atoms with E-state index in [0.29, 0.717) is 43.4 Å². The zero-order valence-corrected chi connectivity index (χ0v) is 19.5. The maximum absolute atomic E-state index is 13.2. The van der Waals surface area contributed by atoms with Crippen LogP contribution in [0.15, 0.2) is 47.4 Å². The van der Waals surface area contributed by atoms with E-state index in [-0.39, 0.29) is 23.3 Å². The fourth-order valence-electron chi connectivity index (χ4n) is 4.64. The second-order valence-electron chi connectivity index (χ2n) is 8.32. The third kappa shape index (κ3) is 4.58. The predicted octanol–water partition coefficient (Wildman–Crippen LogP) is 3.83. The average molecular weight is 479 g/mol. The zero-order chi connectivity index (χ0) is 22.9. The van der Waals surface area contributed by atoms with Gasteiger partial charge in [-0.25, -0.2) is 8.42 Å². The summed E-state index contributed by atoms with van der Waals surface area (Å²) < 4.78 is 33.5. The highest BCUT2D eigenvalue weighted by Gasteiger charge is 2.41. The highest BCUT2D eigenvalue weighted by molar-refractivity contribution is 7.89. The molecule has 1 fully saturated rings. The summed E-state index contributed by atoms with van der Waals surface area (Å²) in [5, 5.41) is 9.88. The predicted molar refractivity (Wildman–Crippen MR) is 123 cm³/mol. The molecule has 0 radical (unpaired) electrons. The molecule has 0 aromatic heterocycles. The molecule has 4 rings (SSSR count). The Bertz CT molecular complexity index is 1090.